The Kier molecular flexibility index (Phi) is 7.57. The molecule has 0 aromatic heterocycles. The monoisotopic (exact) mass is 554 g/mol. The van der Waals surface area contributed by atoms with Crippen LogP contribution < -0.4 is 4.18 Å². The maximum absolute atomic E-state index is 12.7. The molecule has 0 aliphatic carbocycles. The molecule has 4 rings (SSSR count). The number of benzene rings is 3. The highest BCUT2D eigenvalue weighted by molar-refractivity contribution is 8.33. The van der Waals surface area contributed by atoms with Crippen LogP contribution in [0.2, 0.25) is 0 Å². The third kappa shape index (κ3) is 5.96. The topological polar surface area (TPSA) is 123 Å². The molecule has 8 nitrogen and oxygen atoms in total. The SMILES string of the molecule is Cc1ccc(S(=O)(=O)Oc2ccc(S(=O)(=O)ON=C3C=C=C[SH]3C(C#N)c3ccccc3C)cc2)cc1. The van der Waals surface area contributed by atoms with Gasteiger partial charge in [0.15, 0.2) is 0 Å². The second-order valence-corrected chi connectivity index (χ2v) is 13.2. The van der Waals surface area contributed by atoms with Crippen molar-refractivity contribution in [1.82, 2.24) is 0 Å². The van der Waals surface area contributed by atoms with Gasteiger partial charge in [-0.15, -0.1) is 5.73 Å². The molecule has 11 heteroatoms. The summed E-state index contributed by atoms with van der Waals surface area (Å²) < 4.78 is 60.4. The molecule has 0 radical (unpaired) electrons. The van der Waals surface area contributed by atoms with Crippen LogP contribution in [0.15, 0.2) is 105 Å². The molecule has 1 heterocycles. The van der Waals surface area contributed by atoms with Gasteiger partial charge in [0.1, 0.15) is 25.8 Å². The van der Waals surface area contributed by atoms with Crippen LogP contribution in [-0.4, -0.2) is 21.9 Å². The molecular weight excluding hydrogens is 532 g/mol. The Morgan fingerprint density at radius 1 is 0.892 bits per heavy atom. The van der Waals surface area contributed by atoms with Crippen LogP contribution in [0.3, 0.4) is 0 Å². The van der Waals surface area contributed by atoms with Crippen molar-refractivity contribution in [3.63, 3.8) is 0 Å². The first kappa shape index (κ1) is 26.3. The maximum Gasteiger partial charge on any atom is 0.358 e. The lowest BCUT2D eigenvalue weighted by Crippen LogP contribution is -2.10. The molecule has 0 bridgehead atoms. The van der Waals surface area contributed by atoms with Crippen molar-refractivity contribution in [1.29, 1.82) is 5.26 Å². The third-order valence-corrected chi connectivity index (χ3v) is 9.93. The van der Waals surface area contributed by atoms with Crippen molar-refractivity contribution in [2.75, 3.05) is 0 Å². The molecule has 0 N–H and O–H groups in total. The van der Waals surface area contributed by atoms with E-state index in [0.29, 0.717) is 5.04 Å². The second kappa shape index (κ2) is 10.7. The van der Waals surface area contributed by atoms with Crippen LogP contribution in [-0.2, 0) is 24.5 Å². The van der Waals surface area contributed by atoms with Gasteiger partial charge < -0.3 is 4.18 Å². The van der Waals surface area contributed by atoms with Gasteiger partial charge in [-0.05, 0) is 61.4 Å². The minimum atomic E-state index is -4.32. The number of hydrogen-bond acceptors (Lipinski definition) is 8. The first-order chi connectivity index (χ1) is 17.6. The Labute approximate surface area is 218 Å². The van der Waals surface area contributed by atoms with Gasteiger partial charge in [0, 0.05) is 11.5 Å². The Morgan fingerprint density at radius 3 is 2.16 bits per heavy atom. The van der Waals surface area contributed by atoms with E-state index in [0.717, 1.165) is 28.8 Å². The zero-order valence-electron chi connectivity index (χ0n) is 19.8. The fourth-order valence-electron chi connectivity index (χ4n) is 3.46. The van der Waals surface area contributed by atoms with Crippen LogP contribution in [0, 0.1) is 25.2 Å². The van der Waals surface area contributed by atoms with Crippen LogP contribution in [0.5, 0.6) is 5.75 Å². The molecule has 3 aromatic carbocycles. The Balaban J connectivity index is 1.49. The third-order valence-electron chi connectivity index (χ3n) is 5.43. The van der Waals surface area contributed by atoms with E-state index in [-0.39, 0.29) is 15.5 Å². The van der Waals surface area contributed by atoms with Gasteiger partial charge in [0.2, 0.25) is 0 Å². The van der Waals surface area contributed by atoms with Gasteiger partial charge in [-0.25, -0.2) is 0 Å². The fourth-order valence-corrected chi connectivity index (χ4v) is 7.03. The molecule has 1 aliphatic rings. The fraction of sp³-hybridized carbons (Fsp3) is 0.115. The maximum atomic E-state index is 12.7. The molecule has 2 atom stereocenters. The van der Waals surface area contributed by atoms with Gasteiger partial charge >= 0.3 is 20.2 Å². The van der Waals surface area contributed by atoms with E-state index in [2.05, 4.69) is 17.0 Å². The first-order valence-electron chi connectivity index (χ1n) is 10.9. The van der Waals surface area contributed by atoms with Gasteiger partial charge in [-0.1, -0.05) is 47.1 Å². The zero-order chi connectivity index (χ0) is 26.6. The van der Waals surface area contributed by atoms with Crippen molar-refractivity contribution < 1.29 is 25.3 Å². The smallest absolute Gasteiger partial charge is 0.358 e. The van der Waals surface area contributed by atoms with Gasteiger partial charge in [-0.3, -0.25) is 4.28 Å². The van der Waals surface area contributed by atoms with Crippen LogP contribution in [0.4, 0.5) is 0 Å². The van der Waals surface area contributed by atoms with Crippen molar-refractivity contribution in [3.8, 4) is 11.8 Å². The molecule has 0 saturated carbocycles. The van der Waals surface area contributed by atoms with Crippen molar-refractivity contribution in [3.05, 3.63) is 107 Å². The van der Waals surface area contributed by atoms with E-state index in [9.17, 15) is 22.1 Å². The number of aryl methyl sites for hydroxylation is 2. The van der Waals surface area contributed by atoms with Gasteiger partial charge in [0.05, 0.1) is 6.07 Å². The summed E-state index contributed by atoms with van der Waals surface area (Å²) in [5.74, 6) is -0.0626. The summed E-state index contributed by atoms with van der Waals surface area (Å²) >= 11 is 0. The average Bonchev–Trinajstić information content (AvgIpc) is 3.33. The highest BCUT2D eigenvalue weighted by Crippen LogP contribution is 2.48. The van der Waals surface area contributed by atoms with Crippen molar-refractivity contribution in [2.24, 2.45) is 5.16 Å². The largest absolute Gasteiger partial charge is 0.379 e. The summed E-state index contributed by atoms with van der Waals surface area (Å²) in [5.41, 5.74) is 5.56. The van der Waals surface area contributed by atoms with E-state index in [4.69, 9.17) is 8.47 Å². The normalized spacial score (nSPS) is 17.9. The minimum Gasteiger partial charge on any atom is -0.379 e. The molecule has 2 unspecified atom stereocenters. The number of hydrogen-bond donors (Lipinski definition) is 1. The van der Waals surface area contributed by atoms with Gasteiger partial charge in [0.25, 0.3) is 0 Å². The van der Waals surface area contributed by atoms with E-state index in [1.165, 1.54) is 30.3 Å². The molecule has 0 fully saturated rings. The van der Waals surface area contributed by atoms with Crippen molar-refractivity contribution in [2.45, 2.75) is 28.9 Å². The summed E-state index contributed by atoms with van der Waals surface area (Å²) in [5, 5.41) is 15.1. The van der Waals surface area contributed by atoms with Crippen LogP contribution >= 0.6 is 10.9 Å². The number of oxime groups is 1. The van der Waals surface area contributed by atoms with Crippen LogP contribution in [0.1, 0.15) is 21.9 Å². The molecular formula is C26H22N2O6S3. The zero-order valence-corrected chi connectivity index (χ0v) is 22.3. The number of nitriles is 1. The minimum absolute atomic E-state index is 0.0231. The highest BCUT2D eigenvalue weighted by atomic mass is 32.2. The molecule has 3 aromatic rings. The second-order valence-electron chi connectivity index (χ2n) is 8.04. The lowest BCUT2D eigenvalue weighted by Gasteiger charge is -2.21. The predicted molar refractivity (Wildman–Crippen MR) is 142 cm³/mol. The van der Waals surface area contributed by atoms with Crippen molar-refractivity contribution >= 4 is 36.2 Å². The Hall–Kier alpha value is -3.81. The quantitative estimate of drug-likeness (QED) is 0.179. The Morgan fingerprint density at radius 2 is 1.51 bits per heavy atom. The molecule has 1 aliphatic heterocycles. The number of rotatable bonds is 8. The number of nitrogens with zero attached hydrogens (tertiary/aromatic N) is 2. The lowest BCUT2D eigenvalue weighted by atomic mass is 10.1. The first-order valence-corrected chi connectivity index (χ1v) is 15.2. The summed E-state index contributed by atoms with van der Waals surface area (Å²) in [6, 6.07) is 20.6. The summed E-state index contributed by atoms with van der Waals surface area (Å²) in [6.07, 6.45) is 1.50. The predicted octanol–water partition coefficient (Wildman–Crippen LogP) is 5.04. The van der Waals surface area contributed by atoms with Crippen LogP contribution in [0.25, 0.3) is 0 Å². The lowest BCUT2D eigenvalue weighted by molar-refractivity contribution is 0.340. The standard InChI is InChI=1S/C26H22N2O6S3/c1-19-9-13-22(14-10-19)36(29,30)33-21-11-15-23(16-12-21)37(31,32)34-28-26-8-5-17-35(26)25(18-27)24-7-4-3-6-20(24)2/h3-4,6-17,25,35H,1-2H3. The molecule has 37 heavy (non-hydrogen) atoms. The summed E-state index contributed by atoms with van der Waals surface area (Å²) in [6.45, 7) is 3.73. The van der Waals surface area contributed by atoms with E-state index < -0.39 is 36.4 Å². The summed E-state index contributed by atoms with van der Waals surface area (Å²) in [7, 11) is -9.72. The van der Waals surface area contributed by atoms with E-state index in [1.807, 2.05) is 38.1 Å². The summed E-state index contributed by atoms with van der Waals surface area (Å²) in [4.78, 5) is -0.267. The average molecular weight is 555 g/mol. The van der Waals surface area contributed by atoms with E-state index in [1.54, 1.807) is 17.5 Å². The van der Waals surface area contributed by atoms with E-state index >= 15 is 0 Å². The molecule has 0 amide bonds. The number of thiol groups is 1. The molecule has 0 saturated heterocycles. The Bertz CT molecular complexity index is 1670. The highest BCUT2D eigenvalue weighted by Gasteiger charge is 2.26. The molecule has 0 spiro atoms. The molecule has 190 valence electrons. The van der Waals surface area contributed by atoms with Gasteiger partial charge in [-0.2, -0.15) is 33.0 Å².